The average Bonchev–Trinajstić information content (AvgIpc) is 3.15. The summed E-state index contributed by atoms with van der Waals surface area (Å²) in [4.78, 5) is 22.1. The molecule has 0 unspecified atom stereocenters. The van der Waals surface area contributed by atoms with Gasteiger partial charge in [-0.1, -0.05) is 29.8 Å². The molecule has 0 saturated carbocycles. The Balaban J connectivity index is 1.37. The standard InChI is InChI=1S/C26H24ClN3O3/c1-17-14-21(31)20(16-29-10-12-30(13-11-29)23-4-2-3-9-28-23)26-24(17)25(32)22(33-26)15-18-5-7-19(27)8-6-18/h2-9,14-15,31H,10-13,16H2,1H3/b22-15-. The summed E-state index contributed by atoms with van der Waals surface area (Å²) >= 11 is 5.97. The van der Waals surface area contributed by atoms with Gasteiger partial charge >= 0.3 is 0 Å². The molecule has 0 bridgehead atoms. The average molecular weight is 462 g/mol. The minimum absolute atomic E-state index is 0.152. The Morgan fingerprint density at radius 1 is 1.12 bits per heavy atom. The summed E-state index contributed by atoms with van der Waals surface area (Å²) in [5.41, 5.74) is 2.70. The number of piperazine rings is 1. The molecule has 6 nitrogen and oxygen atoms in total. The predicted molar refractivity (Wildman–Crippen MR) is 129 cm³/mol. The van der Waals surface area contributed by atoms with Crippen molar-refractivity contribution in [2.75, 3.05) is 31.1 Å². The number of aryl methyl sites for hydroxylation is 1. The number of carbonyl (C=O) groups excluding carboxylic acids is 1. The van der Waals surface area contributed by atoms with Gasteiger partial charge in [0.1, 0.15) is 17.3 Å². The summed E-state index contributed by atoms with van der Waals surface area (Å²) in [5.74, 6) is 1.67. The minimum atomic E-state index is -0.168. The van der Waals surface area contributed by atoms with Crippen LogP contribution in [0.25, 0.3) is 6.08 Å². The normalized spacial score (nSPS) is 17.3. The molecule has 0 aliphatic carbocycles. The zero-order valence-corrected chi connectivity index (χ0v) is 19.0. The molecule has 2 aromatic carbocycles. The van der Waals surface area contributed by atoms with Crippen molar-refractivity contribution >= 4 is 29.3 Å². The van der Waals surface area contributed by atoms with Gasteiger partial charge in [-0.25, -0.2) is 4.98 Å². The van der Waals surface area contributed by atoms with E-state index in [2.05, 4.69) is 14.8 Å². The summed E-state index contributed by atoms with van der Waals surface area (Å²) in [6.07, 6.45) is 3.52. The van der Waals surface area contributed by atoms with Gasteiger partial charge in [0.25, 0.3) is 0 Å². The molecule has 3 aromatic rings. The number of halogens is 1. The van der Waals surface area contributed by atoms with Gasteiger partial charge in [0.2, 0.25) is 5.78 Å². The monoisotopic (exact) mass is 461 g/mol. The van der Waals surface area contributed by atoms with Crippen molar-refractivity contribution in [2.45, 2.75) is 13.5 Å². The van der Waals surface area contributed by atoms with E-state index in [-0.39, 0.29) is 17.3 Å². The highest BCUT2D eigenvalue weighted by Crippen LogP contribution is 2.42. The van der Waals surface area contributed by atoms with Crippen molar-refractivity contribution in [3.63, 3.8) is 0 Å². The Morgan fingerprint density at radius 3 is 2.58 bits per heavy atom. The quantitative estimate of drug-likeness (QED) is 0.569. The zero-order chi connectivity index (χ0) is 22.9. The second-order valence-corrected chi connectivity index (χ2v) is 8.77. The van der Waals surface area contributed by atoms with Crippen molar-refractivity contribution in [1.82, 2.24) is 9.88 Å². The van der Waals surface area contributed by atoms with Crippen LogP contribution < -0.4 is 9.64 Å². The smallest absolute Gasteiger partial charge is 0.232 e. The topological polar surface area (TPSA) is 65.9 Å². The van der Waals surface area contributed by atoms with Crippen LogP contribution >= 0.6 is 11.6 Å². The Kier molecular flexibility index (Phi) is 5.79. The number of anilines is 1. The van der Waals surface area contributed by atoms with Crippen LogP contribution in [0.2, 0.25) is 5.02 Å². The van der Waals surface area contributed by atoms with Crippen molar-refractivity contribution in [3.05, 3.63) is 87.8 Å². The fourth-order valence-electron chi connectivity index (χ4n) is 4.34. The van der Waals surface area contributed by atoms with Crippen LogP contribution in [0.4, 0.5) is 5.82 Å². The maximum Gasteiger partial charge on any atom is 0.232 e. The first kappa shape index (κ1) is 21.5. The maximum absolute atomic E-state index is 13.1. The first-order valence-electron chi connectivity index (χ1n) is 10.9. The number of nitrogens with zero attached hydrogens (tertiary/aromatic N) is 3. The Labute approximate surface area is 197 Å². The zero-order valence-electron chi connectivity index (χ0n) is 18.3. The fourth-order valence-corrected chi connectivity index (χ4v) is 4.47. The van der Waals surface area contributed by atoms with E-state index in [4.69, 9.17) is 16.3 Å². The lowest BCUT2D eigenvalue weighted by atomic mass is 9.99. The number of phenolic OH excluding ortho intramolecular Hbond substituents is 1. The van der Waals surface area contributed by atoms with Crippen LogP contribution in [0.5, 0.6) is 11.5 Å². The van der Waals surface area contributed by atoms with Crippen molar-refractivity contribution in [1.29, 1.82) is 0 Å². The third kappa shape index (κ3) is 4.32. The predicted octanol–water partition coefficient (Wildman–Crippen LogP) is 4.69. The van der Waals surface area contributed by atoms with E-state index in [1.54, 1.807) is 30.5 Å². The van der Waals surface area contributed by atoms with Crippen molar-refractivity contribution < 1.29 is 14.6 Å². The first-order valence-corrected chi connectivity index (χ1v) is 11.3. The Hall–Kier alpha value is -3.35. The fraction of sp³-hybridized carbons (Fsp3) is 0.231. The van der Waals surface area contributed by atoms with Gasteiger partial charge in [-0.3, -0.25) is 9.69 Å². The number of carbonyl (C=O) groups is 1. The summed E-state index contributed by atoms with van der Waals surface area (Å²) in [5, 5.41) is 11.4. The van der Waals surface area contributed by atoms with E-state index in [9.17, 15) is 9.90 Å². The lowest BCUT2D eigenvalue weighted by molar-refractivity contribution is 0.101. The van der Waals surface area contributed by atoms with Gasteiger partial charge in [-0.15, -0.1) is 0 Å². The van der Waals surface area contributed by atoms with Gasteiger partial charge < -0.3 is 14.7 Å². The van der Waals surface area contributed by atoms with E-state index in [1.165, 1.54) is 0 Å². The number of aromatic hydroxyl groups is 1. The van der Waals surface area contributed by atoms with Crippen LogP contribution in [0.1, 0.15) is 27.0 Å². The second-order valence-electron chi connectivity index (χ2n) is 8.34. The summed E-state index contributed by atoms with van der Waals surface area (Å²) in [7, 11) is 0. The molecule has 3 heterocycles. The largest absolute Gasteiger partial charge is 0.507 e. The van der Waals surface area contributed by atoms with Crippen LogP contribution in [0.3, 0.4) is 0 Å². The molecule has 5 rings (SSSR count). The number of pyridine rings is 1. The molecule has 0 spiro atoms. The second kappa shape index (κ2) is 8.89. The van der Waals surface area contributed by atoms with Gasteiger partial charge in [-0.2, -0.15) is 0 Å². The molecule has 0 amide bonds. The molecule has 0 radical (unpaired) electrons. The number of ether oxygens (including phenoxy) is 1. The summed E-state index contributed by atoms with van der Waals surface area (Å²) < 4.78 is 6.05. The number of Topliss-reactive ketones (excluding diaryl/α,β-unsaturated/α-hetero) is 1. The highest BCUT2D eigenvalue weighted by Gasteiger charge is 2.34. The van der Waals surface area contributed by atoms with Gasteiger partial charge in [0.05, 0.1) is 11.1 Å². The molecule has 33 heavy (non-hydrogen) atoms. The molecular formula is C26H24ClN3O3. The first-order chi connectivity index (χ1) is 16.0. The number of hydrogen-bond acceptors (Lipinski definition) is 6. The van der Waals surface area contributed by atoms with Crippen molar-refractivity contribution in [2.24, 2.45) is 0 Å². The third-order valence-corrected chi connectivity index (χ3v) is 6.37. The number of hydrogen-bond donors (Lipinski definition) is 1. The highest BCUT2D eigenvalue weighted by atomic mass is 35.5. The molecule has 2 aliphatic heterocycles. The number of ketones is 1. The van der Waals surface area contributed by atoms with E-state index >= 15 is 0 Å². The van der Waals surface area contributed by atoms with E-state index in [0.29, 0.717) is 34.0 Å². The molecule has 2 aliphatic rings. The molecule has 1 N–H and O–H groups in total. The summed E-state index contributed by atoms with van der Waals surface area (Å²) in [6, 6.07) is 14.8. The lowest BCUT2D eigenvalue weighted by Gasteiger charge is -2.35. The van der Waals surface area contributed by atoms with E-state index < -0.39 is 0 Å². The minimum Gasteiger partial charge on any atom is -0.507 e. The summed E-state index contributed by atoms with van der Waals surface area (Å²) in [6.45, 7) is 5.65. The number of rotatable bonds is 4. The van der Waals surface area contributed by atoms with E-state index in [0.717, 1.165) is 37.6 Å². The van der Waals surface area contributed by atoms with Gasteiger partial charge in [0, 0.05) is 43.9 Å². The van der Waals surface area contributed by atoms with E-state index in [1.807, 2.05) is 37.3 Å². The van der Waals surface area contributed by atoms with Gasteiger partial charge in [0.15, 0.2) is 5.76 Å². The molecule has 1 aromatic heterocycles. The van der Waals surface area contributed by atoms with Crippen LogP contribution in [0.15, 0.2) is 60.5 Å². The number of benzene rings is 2. The van der Waals surface area contributed by atoms with Crippen molar-refractivity contribution in [3.8, 4) is 11.5 Å². The molecule has 0 atom stereocenters. The van der Waals surface area contributed by atoms with Crippen LogP contribution in [-0.2, 0) is 6.54 Å². The maximum atomic E-state index is 13.1. The third-order valence-electron chi connectivity index (χ3n) is 6.12. The number of aromatic nitrogens is 1. The number of fused-ring (bicyclic) bond motifs is 1. The lowest BCUT2D eigenvalue weighted by Crippen LogP contribution is -2.46. The van der Waals surface area contributed by atoms with Gasteiger partial charge in [-0.05, 0) is 54.5 Å². The Morgan fingerprint density at radius 2 is 1.88 bits per heavy atom. The number of allylic oxidation sites excluding steroid dienone is 1. The molecule has 168 valence electrons. The highest BCUT2D eigenvalue weighted by molar-refractivity contribution is 6.30. The van der Waals surface area contributed by atoms with Crippen LogP contribution in [0, 0.1) is 6.92 Å². The molecule has 1 fully saturated rings. The van der Waals surface area contributed by atoms with Crippen LogP contribution in [-0.4, -0.2) is 47.0 Å². The number of phenols is 1. The molecule has 7 heteroatoms. The molecule has 1 saturated heterocycles. The Bertz CT molecular complexity index is 1220. The molecular weight excluding hydrogens is 438 g/mol. The SMILES string of the molecule is Cc1cc(O)c(CN2CCN(c3ccccn3)CC2)c2c1C(=O)/C(=C/c1ccc(Cl)cc1)O2.